The summed E-state index contributed by atoms with van der Waals surface area (Å²) in [5, 5.41) is 10.8. The largest absolute Gasteiger partial charge is 0.459 e. The Hall–Kier alpha value is -2.91. The SMILES string of the molecule is CC(C)(C)C(O)/C(=C\c1cccnc1)Oc1ccc(-c2ccccc2)cc1. The van der Waals surface area contributed by atoms with Crippen molar-refractivity contribution in [3.05, 3.63) is 90.4 Å². The van der Waals surface area contributed by atoms with Crippen LogP contribution in [0.1, 0.15) is 26.3 Å². The molecule has 3 nitrogen and oxygen atoms in total. The standard InChI is InChI=1S/C24H25NO2/c1-24(2,3)23(26)22(16-18-8-7-15-25-17-18)27-21-13-11-20(12-14-21)19-9-5-4-6-10-19/h4-17,23,26H,1-3H3/b22-16+. The first-order valence-corrected chi connectivity index (χ1v) is 9.06. The first kappa shape index (κ1) is 18.9. The van der Waals surface area contributed by atoms with Gasteiger partial charge in [0, 0.05) is 12.4 Å². The molecule has 1 aromatic heterocycles. The van der Waals surface area contributed by atoms with Crippen LogP contribution in [0.2, 0.25) is 0 Å². The second-order valence-corrected chi connectivity index (χ2v) is 7.59. The maximum absolute atomic E-state index is 10.8. The Bertz CT molecular complexity index is 879. The Balaban J connectivity index is 1.87. The molecule has 0 saturated carbocycles. The van der Waals surface area contributed by atoms with Gasteiger partial charge in [0.1, 0.15) is 17.6 Å². The highest BCUT2D eigenvalue weighted by atomic mass is 16.5. The van der Waals surface area contributed by atoms with Crippen molar-refractivity contribution < 1.29 is 9.84 Å². The van der Waals surface area contributed by atoms with Crippen LogP contribution in [0, 0.1) is 5.41 Å². The summed E-state index contributed by atoms with van der Waals surface area (Å²) in [6, 6.07) is 21.9. The molecule has 0 aliphatic carbocycles. The Morgan fingerprint density at radius 1 is 0.926 bits per heavy atom. The molecule has 0 radical (unpaired) electrons. The summed E-state index contributed by atoms with van der Waals surface area (Å²) in [7, 11) is 0. The summed E-state index contributed by atoms with van der Waals surface area (Å²) in [5.74, 6) is 1.19. The van der Waals surface area contributed by atoms with Crippen LogP contribution in [0.25, 0.3) is 17.2 Å². The third-order valence-corrected chi connectivity index (χ3v) is 4.28. The van der Waals surface area contributed by atoms with Crippen molar-refractivity contribution in [2.45, 2.75) is 26.9 Å². The molecule has 3 heteroatoms. The topological polar surface area (TPSA) is 42.4 Å². The van der Waals surface area contributed by atoms with Gasteiger partial charge in [0.05, 0.1) is 0 Å². The molecule has 3 rings (SSSR count). The zero-order chi connectivity index (χ0) is 19.3. The zero-order valence-corrected chi connectivity index (χ0v) is 16.0. The van der Waals surface area contributed by atoms with Gasteiger partial charge < -0.3 is 9.84 Å². The summed E-state index contributed by atoms with van der Waals surface area (Å²) in [4.78, 5) is 4.13. The van der Waals surface area contributed by atoms with Crippen LogP contribution >= 0.6 is 0 Å². The molecule has 1 N–H and O–H groups in total. The number of hydrogen-bond donors (Lipinski definition) is 1. The maximum Gasteiger partial charge on any atom is 0.134 e. The minimum atomic E-state index is -0.744. The lowest BCUT2D eigenvalue weighted by Crippen LogP contribution is -2.30. The third kappa shape index (κ3) is 5.05. The number of aromatic nitrogens is 1. The molecule has 3 aromatic rings. The van der Waals surface area contributed by atoms with E-state index < -0.39 is 6.10 Å². The molecule has 0 aliphatic heterocycles. The Morgan fingerprint density at radius 2 is 1.59 bits per heavy atom. The van der Waals surface area contributed by atoms with E-state index in [1.165, 1.54) is 0 Å². The van der Waals surface area contributed by atoms with Gasteiger partial charge in [-0.2, -0.15) is 0 Å². The first-order valence-electron chi connectivity index (χ1n) is 9.06. The number of pyridine rings is 1. The quantitative estimate of drug-likeness (QED) is 0.605. The van der Waals surface area contributed by atoms with Crippen LogP contribution in [0.5, 0.6) is 5.75 Å². The van der Waals surface area contributed by atoms with Crippen LogP contribution < -0.4 is 4.74 Å². The molecule has 0 aliphatic rings. The van der Waals surface area contributed by atoms with Crippen LogP contribution in [-0.4, -0.2) is 16.2 Å². The normalized spacial score (nSPS) is 13.3. The number of ether oxygens (including phenoxy) is 1. The van der Waals surface area contributed by atoms with E-state index in [2.05, 4.69) is 17.1 Å². The van der Waals surface area contributed by atoms with E-state index in [0.29, 0.717) is 11.5 Å². The molecular weight excluding hydrogens is 334 g/mol. The van der Waals surface area contributed by atoms with E-state index in [-0.39, 0.29) is 5.41 Å². The molecule has 1 atom stereocenters. The van der Waals surface area contributed by atoms with Gasteiger partial charge in [-0.1, -0.05) is 69.3 Å². The van der Waals surface area contributed by atoms with Crippen LogP contribution in [0.4, 0.5) is 0 Å². The number of nitrogens with zero attached hydrogens (tertiary/aromatic N) is 1. The van der Waals surface area contributed by atoms with Gasteiger partial charge in [0.25, 0.3) is 0 Å². The number of rotatable bonds is 5. The van der Waals surface area contributed by atoms with Gasteiger partial charge in [-0.15, -0.1) is 0 Å². The van der Waals surface area contributed by atoms with Crippen molar-refractivity contribution in [1.29, 1.82) is 0 Å². The smallest absolute Gasteiger partial charge is 0.134 e. The highest BCUT2D eigenvalue weighted by Crippen LogP contribution is 2.29. The van der Waals surface area contributed by atoms with Crippen molar-refractivity contribution in [2.24, 2.45) is 5.41 Å². The lowest BCUT2D eigenvalue weighted by molar-refractivity contribution is 0.0641. The van der Waals surface area contributed by atoms with Crippen LogP contribution in [0.3, 0.4) is 0 Å². The fourth-order valence-electron chi connectivity index (χ4n) is 2.70. The molecule has 0 fully saturated rings. The first-order chi connectivity index (χ1) is 12.9. The van der Waals surface area contributed by atoms with Gasteiger partial charge in [-0.05, 0) is 46.4 Å². The van der Waals surface area contributed by atoms with E-state index in [4.69, 9.17) is 4.74 Å². The number of benzene rings is 2. The molecule has 27 heavy (non-hydrogen) atoms. The van der Waals surface area contributed by atoms with Gasteiger partial charge in [0.2, 0.25) is 0 Å². The number of aliphatic hydroxyl groups is 1. The minimum absolute atomic E-state index is 0.349. The van der Waals surface area contributed by atoms with Crippen molar-refractivity contribution in [3.63, 3.8) is 0 Å². The average Bonchev–Trinajstić information content (AvgIpc) is 2.68. The molecule has 0 spiro atoms. The van der Waals surface area contributed by atoms with Crippen LogP contribution in [0.15, 0.2) is 84.9 Å². The van der Waals surface area contributed by atoms with E-state index >= 15 is 0 Å². The number of hydrogen-bond acceptors (Lipinski definition) is 3. The summed E-state index contributed by atoms with van der Waals surface area (Å²) in [5.41, 5.74) is 2.82. The summed E-state index contributed by atoms with van der Waals surface area (Å²) >= 11 is 0. The lowest BCUT2D eigenvalue weighted by Gasteiger charge is -2.28. The van der Waals surface area contributed by atoms with Gasteiger partial charge in [-0.25, -0.2) is 0 Å². The monoisotopic (exact) mass is 359 g/mol. The van der Waals surface area contributed by atoms with E-state index in [1.54, 1.807) is 12.4 Å². The minimum Gasteiger partial charge on any atom is -0.459 e. The molecule has 0 saturated heterocycles. The molecule has 1 heterocycles. The summed E-state index contributed by atoms with van der Waals surface area (Å²) in [6.45, 7) is 5.95. The van der Waals surface area contributed by atoms with Crippen LogP contribution in [-0.2, 0) is 0 Å². The second-order valence-electron chi connectivity index (χ2n) is 7.59. The van der Waals surface area contributed by atoms with Crippen molar-refractivity contribution in [3.8, 4) is 16.9 Å². The molecule has 0 amide bonds. The van der Waals surface area contributed by atoms with Gasteiger partial charge >= 0.3 is 0 Å². The highest BCUT2D eigenvalue weighted by Gasteiger charge is 2.27. The predicted molar refractivity (Wildman–Crippen MR) is 110 cm³/mol. The highest BCUT2D eigenvalue weighted by molar-refractivity contribution is 5.64. The van der Waals surface area contributed by atoms with E-state index in [0.717, 1.165) is 16.7 Å². The Morgan fingerprint density at radius 3 is 2.19 bits per heavy atom. The maximum atomic E-state index is 10.8. The lowest BCUT2D eigenvalue weighted by atomic mass is 9.87. The number of aliphatic hydroxyl groups excluding tert-OH is 1. The van der Waals surface area contributed by atoms with E-state index in [1.807, 2.05) is 81.4 Å². The molecular formula is C24H25NO2. The van der Waals surface area contributed by atoms with Crippen molar-refractivity contribution in [1.82, 2.24) is 4.98 Å². The van der Waals surface area contributed by atoms with E-state index in [9.17, 15) is 5.11 Å². The second kappa shape index (κ2) is 8.19. The Labute approximate surface area is 161 Å². The molecule has 1 unspecified atom stereocenters. The summed E-state index contributed by atoms with van der Waals surface area (Å²) in [6.07, 6.45) is 4.57. The average molecular weight is 359 g/mol. The molecule has 138 valence electrons. The van der Waals surface area contributed by atoms with Crippen molar-refractivity contribution in [2.75, 3.05) is 0 Å². The fraction of sp³-hybridized carbons (Fsp3) is 0.208. The third-order valence-electron chi connectivity index (χ3n) is 4.28. The predicted octanol–water partition coefficient (Wildman–Crippen LogP) is 5.58. The summed E-state index contributed by atoms with van der Waals surface area (Å²) < 4.78 is 6.08. The van der Waals surface area contributed by atoms with Gasteiger partial charge in [-0.3, -0.25) is 4.98 Å². The fourth-order valence-corrected chi connectivity index (χ4v) is 2.70. The van der Waals surface area contributed by atoms with Gasteiger partial charge in [0.15, 0.2) is 0 Å². The Kier molecular flexibility index (Phi) is 5.72. The molecule has 0 bridgehead atoms. The zero-order valence-electron chi connectivity index (χ0n) is 16.0. The molecule has 2 aromatic carbocycles. The van der Waals surface area contributed by atoms with Crippen molar-refractivity contribution >= 4 is 6.08 Å².